The lowest BCUT2D eigenvalue weighted by Gasteiger charge is -2.09. The lowest BCUT2D eigenvalue weighted by molar-refractivity contribution is -0.109. The molecule has 0 heterocycles. The van der Waals surface area contributed by atoms with E-state index >= 15 is 0 Å². The van der Waals surface area contributed by atoms with E-state index in [4.69, 9.17) is 16.3 Å². The van der Waals surface area contributed by atoms with Crippen LogP contribution in [0.3, 0.4) is 0 Å². The van der Waals surface area contributed by atoms with Gasteiger partial charge < -0.3 is 14.6 Å². The van der Waals surface area contributed by atoms with Gasteiger partial charge in [0.2, 0.25) is 0 Å². The number of hydrogen-bond donors (Lipinski definition) is 1. The van der Waals surface area contributed by atoms with Crippen molar-refractivity contribution in [2.75, 3.05) is 7.11 Å². The zero-order valence-electron chi connectivity index (χ0n) is 7.74. The molecule has 0 saturated heterocycles. The van der Waals surface area contributed by atoms with Crippen molar-refractivity contribution in [3.8, 4) is 5.75 Å². The fraction of sp³-hybridized carbons (Fsp3) is 0.300. The van der Waals surface area contributed by atoms with Crippen molar-refractivity contribution >= 4 is 17.9 Å². The molecule has 14 heavy (non-hydrogen) atoms. The third-order valence-corrected chi connectivity index (χ3v) is 2.18. The van der Waals surface area contributed by atoms with Gasteiger partial charge in [0.05, 0.1) is 18.2 Å². The van der Waals surface area contributed by atoms with Gasteiger partial charge >= 0.3 is 0 Å². The summed E-state index contributed by atoms with van der Waals surface area (Å²) in [7, 11) is 1.52. The van der Waals surface area contributed by atoms with Gasteiger partial charge in [-0.25, -0.2) is 0 Å². The number of methoxy groups -OCH3 is 1. The topological polar surface area (TPSA) is 46.5 Å². The van der Waals surface area contributed by atoms with Gasteiger partial charge in [0, 0.05) is 6.42 Å². The first-order chi connectivity index (χ1) is 6.69. The smallest absolute Gasteiger partial charge is 0.137 e. The lowest BCUT2D eigenvalue weighted by Crippen LogP contribution is -1.98. The molecule has 0 fully saturated rings. The lowest BCUT2D eigenvalue weighted by atomic mass is 10.1. The number of halogens is 1. The first-order valence-electron chi connectivity index (χ1n) is 4.14. The molecular formula is C10H11ClO3. The normalized spacial score (nSPS) is 12.2. The molecule has 0 bridgehead atoms. The van der Waals surface area contributed by atoms with Gasteiger partial charge in [0.15, 0.2) is 0 Å². The predicted molar refractivity (Wildman–Crippen MR) is 53.6 cm³/mol. The number of rotatable bonds is 4. The third kappa shape index (κ3) is 2.47. The second kappa shape index (κ2) is 4.98. The van der Waals surface area contributed by atoms with Crippen LogP contribution in [0.4, 0.5) is 0 Å². The zero-order valence-corrected chi connectivity index (χ0v) is 8.49. The van der Waals surface area contributed by atoms with Crippen molar-refractivity contribution in [1.29, 1.82) is 0 Å². The summed E-state index contributed by atoms with van der Waals surface area (Å²) in [4.78, 5) is 10.2. The molecule has 1 atom stereocenters. The Morgan fingerprint density at radius 3 is 2.86 bits per heavy atom. The summed E-state index contributed by atoms with van der Waals surface area (Å²) < 4.78 is 4.96. The molecule has 0 radical (unpaired) electrons. The fourth-order valence-electron chi connectivity index (χ4n) is 1.12. The summed E-state index contributed by atoms with van der Waals surface area (Å²) in [5.74, 6) is 0.550. The Labute approximate surface area is 87.3 Å². The average molecular weight is 215 g/mol. The van der Waals surface area contributed by atoms with Crippen LogP contribution in [0.25, 0.3) is 0 Å². The summed E-state index contributed by atoms with van der Waals surface area (Å²) in [5.41, 5.74) is 0.614. The van der Waals surface area contributed by atoms with Crippen molar-refractivity contribution in [1.82, 2.24) is 0 Å². The van der Waals surface area contributed by atoms with Crippen LogP contribution in [-0.2, 0) is 4.79 Å². The molecule has 4 heteroatoms. The van der Waals surface area contributed by atoms with E-state index in [1.54, 1.807) is 18.2 Å². The van der Waals surface area contributed by atoms with Crippen LogP contribution < -0.4 is 4.74 Å². The van der Waals surface area contributed by atoms with Crippen LogP contribution in [-0.4, -0.2) is 18.5 Å². The molecule has 0 aliphatic carbocycles. The highest BCUT2D eigenvalue weighted by Crippen LogP contribution is 2.28. The van der Waals surface area contributed by atoms with E-state index in [1.165, 1.54) is 7.11 Å². The Morgan fingerprint density at radius 2 is 2.36 bits per heavy atom. The molecule has 1 N–H and O–H groups in total. The molecule has 1 unspecified atom stereocenters. The Morgan fingerprint density at radius 1 is 1.64 bits per heavy atom. The van der Waals surface area contributed by atoms with E-state index in [-0.39, 0.29) is 6.42 Å². The molecule has 0 saturated carbocycles. The van der Waals surface area contributed by atoms with E-state index in [1.807, 2.05) is 0 Å². The molecule has 1 aromatic rings. The second-order valence-corrected chi connectivity index (χ2v) is 3.22. The highest BCUT2D eigenvalue weighted by Gasteiger charge is 2.09. The van der Waals surface area contributed by atoms with E-state index in [0.29, 0.717) is 22.6 Å². The van der Waals surface area contributed by atoms with Crippen molar-refractivity contribution in [2.45, 2.75) is 12.5 Å². The molecule has 0 amide bonds. The van der Waals surface area contributed by atoms with Gasteiger partial charge in [-0.05, 0) is 17.7 Å². The number of carbonyl (C=O) groups excluding carboxylic acids is 1. The maximum absolute atomic E-state index is 10.2. The van der Waals surface area contributed by atoms with Gasteiger partial charge in [-0.2, -0.15) is 0 Å². The minimum atomic E-state index is -0.795. The van der Waals surface area contributed by atoms with Crippen molar-refractivity contribution in [2.24, 2.45) is 0 Å². The van der Waals surface area contributed by atoms with Crippen molar-refractivity contribution in [3.05, 3.63) is 28.8 Å². The van der Waals surface area contributed by atoms with Gasteiger partial charge in [-0.1, -0.05) is 17.7 Å². The molecule has 0 aliphatic heterocycles. The molecule has 0 aliphatic rings. The largest absolute Gasteiger partial charge is 0.495 e. The highest BCUT2D eigenvalue weighted by molar-refractivity contribution is 6.32. The summed E-state index contributed by atoms with van der Waals surface area (Å²) in [5, 5.41) is 9.90. The quantitative estimate of drug-likeness (QED) is 0.780. The Bertz CT molecular complexity index is 325. The summed E-state index contributed by atoms with van der Waals surface area (Å²) in [6.45, 7) is 0. The third-order valence-electron chi connectivity index (χ3n) is 1.88. The van der Waals surface area contributed by atoms with Gasteiger partial charge in [-0.3, -0.25) is 0 Å². The monoisotopic (exact) mass is 214 g/mol. The van der Waals surface area contributed by atoms with Gasteiger partial charge in [0.25, 0.3) is 0 Å². The highest BCUT2D eigenvalue weighted by atomic mass is 35.5. The number of carbonyl (C=O) groups is 1. The average Bonchev–Trinajstić information content (AvgIpc) is 2.18. The molecule has 0 spiro atoms. The van der Waals surface area contributed by atoms with Crippen LogP contribution in [0, 0.1) is 0 Å². The maximum Gasteiger partial charge on any atom is 0.137 e. The minimum Gasteiger partial charge on any atom is -0.495 e. The summed E-state index contributed by atoms with van der Waals surface area (Å²) >= 11 is 5.85. The minimum absolute atomic E-state index is 0.0721. The molecule has 0 aromatic heterocycles. The number of aldehydes is 1. The molecule has 76 valence electrons. The molecule has 1 rings (SSSR count). The van der Waals surface area contributed by atoms with E-state index in [0.717, 1.165) is 0 Å². The van der Waals surface area contributed by atoms with E-state index in [9.17, 15) is 9.90 Å². The Hall–Kier alpha value is -1.06. The van der Waals surface area contributed by atoms with Gasteiger partial charge in [0.1, 0.15) is 12.0 Å². The van der Waals surface area contributed by atoms with Gasteiger partial charge in [-0.15, -0.1) is 0 Å². The summed E-state index contributed by atoms with van der Waals surface area (Å²) in [6, 6.07) is 4.93. The number of aliphatic hydroxyl groups is 1. The summed E-state index contributed by atoms with van der Waals surface area (Å²) in [6.07, 6.45) is -0.0539. The van der Waals surface area contributed by atoms with Crippen LogP contribution in [0.2, 0.25) is 5.02 Å². The predicted octanol–water partition coefficient (Wildman–Crippen LogP) is 1.97. The second-order valence-electron chi connectivity index (χ2n) is 2.81. The van der Waals surface area contributed by atoms with E-state index in [2.05, 4.69) is 0 Å². The number of ether oxygens (including phenoxy) is 1. The standard InChI is InChI=1S/C10H11ClO3/c1-14-10-3-2-7(6-8(10)11)9(13)4-5-12/h2-3,5-6,9,13H,4H2,1H3. The Kier molecular flexibility index (Phi) is 3.92. The maximum atomic E-state index is 10.2. The first-order valence-corrected chi connectivity index (χ1v) is 4.52. The van der Waals surface area contributed by atoms with Crippen LogP contribution in [0.15, 0.2) is 18.2 Å². The van der Waals surface area contributed by atoms with E-state index < -0.39 is 6.10 Å². The number of hydrogen-bond acceptors (Lipinski definition) is 3. The zero-order chi connectivity index (χ0) is 10.6. The Balaban J connectivity index is 2.90. The van der Waals surface area contributed by atoms with Crippen LogP contribution >= 0.6 is 11.6 Å². The fourth-order valence-corrected chi connectivity index (χ4v) is 1.38. The molecule has 1 aromatic carbocycles. The van der Waals surface area contributed by atoms with Crippen molar-refractivity contribution in [3.63, 3.8) is 0 Å². The SMILES string of the molecule is COc1ccc(C(O)CC=O)cc1Cl. The first kappa shape index (κ1) is 11.0. The van der Waals surface area contributed by atoms with Crippen LogP contribution in [0.1, 0.15) is 18.1 Å². The molecular weight excluding hydrogens is 204 g/mol. The number of aliphatic hydroxyl groups excluding tert-OH is 1. The van der Waals surface area contributed by atoms with Crippen molar-refractivity contribution < 1.29 is 14.6 Å². The number of benzene rings is 1. The van der Waals surface area contributed by atoms with Crippen LogP contribution in [0.5, 0.6) is 5.75 Å². The molecule has 3 nitrogen and oxygen atoms in total.